The molecule has 0 N–H and O–H groups in total. The zero-order chi connectivity index (χ0) is 18.0. The number of fused-ring (bicyclic) bond motifs is 7. The number of hydrogen-bond acceptors (Lipinski definition) is 1. The Morgan fingerprint density at radius 1 is 0.667 bits per heavy atom. The molecule has 128 valence electrons. The number of aromatic nitrogens is 1. The first-order valence-electron chi connectivity index (χ1n) is 8.91. The lowest BCUT2D eigenvalue weighted by Crippen LogP contribution is -1.93. The van der Waals surface area contributed by atoms with Crippen molar-refractivity contribution in [2.24, 2.45) is 0 Å². The third-order valence-corrected chi connectivity index (χ3v) is 7.10. The summed E-state index contributed by atoms with van der Waals surface area (Å²) in [5.41, 5.74) is 3.66. The SMILES string of the molecule is Brc1cccc2c3c4sc5ccccc5c4ccc3n(-c3ccccc3)c12. The summed E-state index contributed by atoms with van der Waals surface area (Å²) in [5.74, 6) is 0. The minimum absolute atomic E-state index is 1.12. The van der Waals surface area contributed by atoms with Gasteiger partial charge >= 0.3 is 0 Å². The van der Waals surface area contributed by atoms with E-state index in [-0.39, 0.29) is 0 Å². The normalized spacial score (nSPS) is 11.9. The molecular weight excluding hydrogens is 414 g/mol. The lowest BCUT2D eigenvalue weighted by molar-refractivity contribution is 1.18. The van der Waals surface area contributed by atoms with Crippen molar-refractivity contribution < 1.29 is 0 Å². The maximum Gasteiger partial charge on any atom is 0.0683 e. The van der Waals surface area contributed by atoms with Crippen LogP contribution in [0.15, 0.2) is 89.4 Å². The standard InChI is InChI=1S/C24H14BrNS/c25-19-11-6-10-18-22-20(26(23(18)19)15-7-2-1-3-8-15)14-13-17-16-9-4-5-12-21(16)27-24(17)22/h1-14H. The van der Waals surface area contributed by atoms with Gasteiger partial charge in [-0.3, -0.25) is 0 Å². The molecule has 0 saturated carbocycles. The monoisotopic (exact) mass is 427 g/mol. The molecule has 2 aromatic heterocycles. The Morgan fingerprint density at radius 3 is 2.33 bits per heavy atom. The quantitative estimate of drug-likeness (QED) is 0.251. The maximum absolute atomic E-state index is 3.80. The second-order valence-corrected chi connectivity index (χ2v) is 8.65. The highest BCUT2D eigenvalue weighted by Gasteiger charge is 2.18. The molecule has 1 nitrogen and oxygen atoms in total. The number of nitrogens with zero attached hydrogens (tertiary/aromatic N) is 1. The van der Waals surface area contributed by atoms with E-state index in [1.165, 1.54) is 47.7 Å². The summed E-state index contributed by atoms with van der Waals surface area (Å²) in [6, 6.07) is 30.4. The molecule has 0 aliphatic carbocycles. The minimum Gasteiger partial charge on any atom is -0.308 e. The van der Waals surface area contributed by atoms with E-state index >= 15 is 0 Å². The van der Waals surface area contributed by atoms with E-state index in [1.807, 2.05) is 11.3 Å². The summed E-state index contributed by atoms with van der Waals surface area (Å²) in [6.07, 6.45) is 0. The molecule has 2 heterocycles. The topological polar surface area (TPSA) is 4.93 Å². The van der Waals surface area contributed by atoms with Gasteiger partial charge < -0.3 is 4.57 Å². The minimum atomic E-state index is 1.12. The van der Waals surface area contributed by atoms with E-state index in [1.54, 1.807) is 0 Å². The lowest BCUT2D eigenvalue weighted by Gasteiger charge is -2.08. The number of halogens is 1. The van der Waals surface area contributed by atoms with Gasteiger partial charge in [-0.1, -0.05) is 54.6 Å². The van der Waals surface area contributed by atoms with Crippen molar-refractivity contribution in [3.63, 3.8) is 0 Å². The van der Waals surface area contributed by atoms with E-state index in [0.717, 1.165) is 4.47 Å². The van der Waals surface area contributed by atoms with Crippen LogP contribution in [0.2, 0.25) is 0 Å². The van der Waals surface area contributed by atoms with E-state index in [9.17, 15) is 0 Å². The van der Waals surface area contributed by atoms with Crippen LogP contribution in [0, 0.1) is 0 Å². The predicted octanol–water partition coefficient (Wildman–Crippen LogP) is 7.91. The molecule has 0 aliphatic rings. The summed E-state index contributed by atoms with van der Waals surface area (Å²) in [5, 5.41) is 5.32. The molecule has 0 fully saturated rings. The molecule has 6 aromatic rings. The third kappa shape index (κ3) is 2.10. The summed E-state index contributed by atoms with van der Waals surface area (Å²) in [4.78, 5) is 0. The smallest absolute Gasteiger partial charge is 0.0683 e. The van der Waals surface area contributed by atoms with Crippen LogP contribution < -0.4 is 0 Å². The fourth-order valence-corrected chi connectivity index (χ4v) is 5.94. The zero-order valence-electron chi connectivity index (χ0n) is 14.3. The van der Waals surface area contributed by atoms with Crippen molar-refractivity contribution >= 4 is 69.2 Å². The lowest BCUT2D eigenvalue weighted by atomic mass is 10.1. The van der Waals surface area contributed by atoms with Crippen LogP contribution in [-0.2, 0) is 0 Å². The predicted molar refractivity (Wildman–Crippen MR) is 121 cm³/mol. The van der Waals surface area contributed by atoms with Crippen molar-refractivity contribution in [1.82, 2.24) is 4.57 Å². The Labute approximate surface area is 168 Å². The van der Waals surface area contributed by atoms with Crippen molar-refractivity contribution in [2.45, 2.75) is 0 Å². The Hall–Kier alpha value is -2.62. The number of rotatable bonds is 1. The van der Waals surface area contributed by atoms with Gasteiger partial charge in [0.1, 0.15) is 0 Å². The van der Waals surface area contributed by atoms with Crippen molar-refractivity contribution in [1.29, 1.82) is 0 Å². The van der Waals surface area contributed by atoms with Gasteiger partial charge in [-0.15, -0.1) is 11.3 Å². The Kier molecular flexibility index (Phi) is 3.25. The van der Waals surface area contributed by atoms with Gasteiger partial charge in [0, 0.05) is 41.1 Å². The van der Waals surface area contributed by atoms with Crippen LogP contribution in [0.4, 0.5) is 0 Å². The van der Waals surface area contributed by atoms with E-state index in [2.05, 4.69) is 105 Å². The van der Waals surface area contributed by atoms with Crippen LogP contribution in [0.5, 0.6) is 0 Å². The molecule has 0 spiro atoms. The van der Waals surface area contributed by atoms with Crippen LogP contribution in [-0.4, -0.2) is 4.57 Å². The van der Waals surface area contributed by atoms with Gasteiger partial charge in [0.15, 0.2) is 0 Å². The first-order chi connectivity index (χ1) is 13.3. The number of hydrogen-bond donors (Lipinski definition) is 0. The molecule has 3 heteroatoms. The van der Waals surface area contributed by atoms with Crippen molar-refractivity contribution in [3.05, 3.63) is 89.4 Å². The van der Waals surface area contributed by atoms with Gasteiger partial charge in [-0.05, 0) is 46.3 Å². The highest BCUT2D eigenvalue weighted by atomic mass is 79.9. The maximum atomic E-state index is 3.80. The van der Waals surface area contributed by atoms with Crippen LogP contribution in [0.1, 0.15) is 0 Å². The van der Waals surface area contributed by atoms with E-state index in [4.69, 9.17) is 0 Å². The fourth-order valence-electron chi connectivity index (χ4n) is 4.14. The highest BCUT2D eigenvalue weighted by Crippen LogP contribution is 2.44. The average Bonchev–Trinajstić information content (AvgIpc) is 3.25. The second-order valence-electron chi connectivity index (χ2n) is 6.74. The number of benzene rings is 4. The fraction of sp³-hybridized carbons (Fsp3) is 0. The molecule has 0 unspecified atom stereocenters. The first kappa shape index (κ1) is 15.4. The molecule has 27 heavy (non-hydrogen) atoms. The molecule has 0 bridgehead atoms. The van der Waals surface area contributed by atoms with Crippen molar-refractivity contribution in [2.75, 3.05) is 0 Å². The van der Waals surface area contributed by atoms with Gasteiger partial charge in [0.05, 0.1) is 11.0 Å². The van der Waals surface area contributed by atoms with Crippen molar-refractivity contribution in [3.8, 4) is 5.69 Å². The average molecular weight is 428 g/mol. The summed E-state index contributed by atoms with van der Waals surface area (Å²) in [6.45, 7) is 0. The number of thiophene rings is 1. The number of para-hydroxylation sites is 2. The van der Waals surface area contributed by atoms with Crippen LogP contribution >= 0.6 is 27.3 Å². The summed E-state index contributed by atoms with van der Waals surface area (Å²) >= 11 is 5.70. The molecule has 0 aliphatic heterocycles. The van der Waals surface area contributed by atoms with Gasteiger partial charge in [-0.2, -0.15) is 0 Å². The van der Waals surface area contributed by atoms with Gasteiger partial charge in [-0.25, -0.2) is 0 Å². The Bertz CT molecular complexity index is 1470. The molecule has 0 radical (unpaired) electrons. The highest BCUT2D eigenvalue weighted by molar-refractivity contribution is 9.10. The molecule has 0 saturated heterocycles. The second kappa shape index (κ2) is 5.69. The molecule has 0 amide bonds. The largest absolute Gasteiger partial charge is 0.308 e. The van der Waals surface area contributed by atoms with Crippen LogP contribution in [0.25, 0.3) is 47.7 Å². The van der Waals surface area contributed by atoms with E-state index in [0.29, 0.717) is 0 Å². The molecule has 0 atom stereocenters. The summed E-state index contributed by atoms with van der Waals surface area (Å²) in [7, 11) is 0. The Morgan fingerprint density at radius 2 is 1.44 bits per heavy atom. The first-order valence-corrected chi connectivity index (χ1v) is 10.5. The van der Waals surface area contributed by atoms with Gasteiger partial charge in [0.25, 0.3) is 0 Å². The Balaban J connectivity index is 1.91. The summed E-state index contributed by atoms with van der Waals surface area (Å²) < 4.78 is 6.20. The molecule has 4 aromatic carbocycles. The zero-order valence-corrected chi connectivity index (χ0v) is 16.7. The van der Waals surface area contributed by atoms with Crippen LogP contribution in [0.3, 0.4) is 0 Å². The third-order valence-electron chi connectivity index (χ3n) is 5.26. The molecule has 6 rings (SSSR count). The molecular formula is C24H14BrNS. The van der Waals surface area contributed by atoms with E-state index < -0.39 is 0 Å². The van der Waals surface area contributed by atoms with Gasteiger partial charge in [0.2, 0.25) is 0 Å².